The van der Waals surface area contributed by atoms with Crippen molar-refractivity contribution in [3.8, 4) is 0 Å². The van der Waals surface area contributed by atoms with Crippen molar-refractivity contribution in [1.29, 1.82) is 0 Å². The van der Waals surface area contributed by atoms with E-state index in [-0.39, 0.29) is 6.61 Å². The standard InChI is InChI=1S/C16H23NO6S/c1-3-8-13(12-9-6-5-7-10-12)15(18)17-14(11-24(20,21)22)16(19)23-4-2/h5-7,9-10,13-14H,3-4,8,11H2,1-2H3,(H,17,18)(H,20,21,22)/t13?,14-/m0/s1. The second-order valence-electron chi connectivity index (χ2n) is 5.31. The first-order chi connectivity index (χ1) is 11.3. The van der Waals surface area contributed by atoms with Crippen LogP contribution in [-0.2, 0) is 24.4 Å². The van der Waals surface area contributed by atoms with Crippen molar-refractivity contribution in [3.63, 3.8) is 0 Å². The number of benzene rings is 1. The van der Waals surface area contributed by atoms with Gasteiger partial charge in [0.1, 0.15) is 11.8 Å². The van der Waals surface area contributed by atoms with E-state index in [2.05, 4.69) is 5.32 Å². The molecule has 2 N–H and O–H groups in total. The van der Waals surface area contributed by atoms with E-state index < -0.39 is 39.7 Å². The Kier molecular flexibility index (Phi) is 7.87. The van der Waals surface area contributed by atoms with Gasteiger partial charge in [-0.3, -0.25) is 9.35 Å². The normalized spacial score (nSPS) is 13.8. The molecule has 0 fully saturated rings. The molecule has 134 valence electrons. The van der Waals surface area contributed by atoms with E-state index >= 15 is 0 Å². The van der Waals surface area contributed by atoms with Gasteiger partial charge in [0.25, 0.3) is 10.1 Å². The molecule has 24 heavy (non-hydrogen) atoms. The zero-order valence-corrected chi connectivity index (χ0v) is 14.6. The zero-order chi connectivity index (χ0) is 18.2. The maximum Gasteiger partial charge on any atom is 0.329 e. The zero-order valence-electron chi connectivity index (χ0n) is 13.8. The highest BCUT2D eigenvalue weighted by Crippen LogP contribution is 2.21. The SMILES string of the molecule is CCCC(C(=O)N[C@@H](CS(=O)(=O)O)C(=O)OCC)c1ccccc1. The summed E-state index contributed by atoms with van der Waals surface area (Å²) in [7, 11) is -4.45. The molecule has 1 aromatic carbocycles. The average Bonchev–Trinajstić information content (AvgIpc) is 2.51. The molecule has 0 heterocycles. The Bertz CT molecular complexity index is 644. The Labute approximate surface area is 142 Å². The third-order valence-corrected chi connectivity index (χ3v) is 4.12. The van der Waals surface area contributed by atoms with Crippen LogP contribution in [0.5, 0.6) is 0 Å². The Morgan fingerprint density at radius 1 is 1.21 bits per heavy atom. The van der Waals surface area contributed by atoms with E-state index in [1.54, 1.807) is 31.2 Å². The van der Waals surface area contributed by atoms with Gasteiger partial charge >= 0.3 is 5.97 Å². The van der Waals surface area contributed by atoms with Gasteiger partial charge in [-0.15, -0.1) is 0 Å². The summed E-state index contributed by atoms with van der Waals surface area (Å²) >= 11 is 0. The van der Waals surface area contributed by atoms with E-state index in [4.69, 9.17) is 9.29 Å². The van der Waals surface area contributed by atoms with Crippen molar-refractivity contribution < 1.29 is 27.3 Å². The van der Waals surface area contributed by atoms with Gasteiger partial charge < -0.3 is 10.1 Å². The van der Waals surface area contributed by atoms with Gasteiger partial charge in [-0.1, -0.05) is 43.7 Å². The number of ether oxygens (including phenoxy) is 1. The van der Waals surface area contributed by atoms with Gasteiger partial charge in [0.05, 0.1) is 12.5 Å². The molecule has 0 bridgehead atoms. The molecule has 7 nitrogen and oxygen atoms in total. The van der Waals surface area contributed by atoms with Gasteiger partial charge in [0, 0.05) is 0 Å². The van der Waals surface area contributed by atoms with Gasteiger partial charge in [-0.2, -0.15) is 8.42 Å². The molecule has 1 amide bonds. The van der Waals surface area contributed by atoms with Crippen LogP contribution < -0.4 is 5.32 Å². The van der Waals surface area contributed by atoms with E-state index in [0.717, 1.165) is 12.0 Å². The summed E-state index contributed by atoms with van der Waals surface area (Å²) in [6.07, 6.45) is 1.27. The number of carbonyl (C=O) groups excluding carboxylic acids is 2. The predicted octanol–water partition coefficient (Wildman–Crippen LogP) is 1.51. The summed E-state index contributed by atoms with van der Waals surface area (Å²) in [5.41, 5.74) is 0.770. The number of nitrogens with one attached hydrogen (secondary N) is 1. The Balaban J connectivity index is 2.96. The van der Waals surface area contributed by atoms with Gasteiger partial charge in [-0.05, 0) is 18.9 Å². The summed E-state index contributed by atoms with van der Waals surface area (Å²) in [5, 5.41) is 2.39. The summed E-state index contributed by atoms with van der Waals surface area (Å²) in [6, 6.07) is 7.56. The lowest BCUT2D eigenvalue weighted by atomic mass is 9.93. The largest absolute Gasteiger partial charge is 0.464 e. The lowest BCUT2D eigenvalue weighted by Gasteiger charge is -2.21. The molecule has 0 aliphatic rings. The smallest absolute Gasteiger partial charge is 0.329 e. The highest BCUT2D eigenvalue weighted by molar-refractivity contribution is 7.85. The lowest BCUT2D eigenvalue weighted by Crippen LogP contribution is -2.47. The molecule has 0 spiro atoms. The highest BCUT2D eigenvalue weighted by atomic mass is 32.2. The first-order valence-corrected chi connectivity index (χ1v) is 9.36. The first-order valence-electron chi connectivity index (χ1n) is 7.75. The molecule has 1 rings (SSSR count). The van der Waals surface area contributed by atoms with Crippen molar-refractivity contribution >= 4 is 22.0 Å². The number of hydrogen-bond acceptors (Lipinski definition) is 5. The second-order valence-corrected chi connectivity index (χ2v) is 6.81. The summed E-state index contributed by atoms with van der Waals surface area (Å²) in [6.45, 7) is 3.52. The average molecular weight is 357 g/mol. The van der Waals surface area contributed by atoms with Crippen molar-refractivity contribution in [1.82, 2.24) is 5.32 Å². The fourth-order valence-electron chi connectivity index (χ4n) is 2.32. The van der Waals surface area contributed by atoms with Crippen LogP contribution in [0.2, 0.25) is 0 Å². The van der Waals surface area contributed by atoms with Crippen LogP contribution in [0.1, 0.15) is 38.2 Å². The Hall–Kier alpha value is -1.93. The summed E-state index contributed by atoms with van der Waals surface area (Å²) in [4.78, 5) is 24.4. The van der Waals surface area contributed by atoms with Crippen LogP contribution >= 0.6 is 0 Å². The molecule has 1 aromatic rings. The molecule has 0 aromatic heterocycles. The molecular formula is C16H23NO6S. The lowest BCUT2D eigenvalue weighted by molar-refractivity contribution is -0.146. The minimum atomic E-state index is -4.45. The van der Waals surface area contributed by atoms with Crippen LogP contribution in [0.15, 0.2) is 30.3 Å². The van der Waals surface area contributed by atoms with Gasteiger partial charge in [0.15, 0.2) is 0 Å². The fourth-order valence-corrected chi connectivity index (χ4v) is 2.96. The predicted molar refractivity (Wildman–Crippen MR) is 89.1 cm³/mol. The third kappa shape index (κ3) is 6.67. The van der Waals surface area contributed by atoms with E-state index in [1.165, 1.54) is 0 Å². The van der Waals surface area contributed by atoms with Crippen LogP contribution in [-0.4, -0.2) is 43.2 Å². The number of esters is 1. The molecule has 0 saturated heterocycles. The summed E-state index contributed by atoms with van der Waals surface area (Å²) in [5.74, 6) is -2.82. The van der Waals surface area contributed by atoms with Crippen LogP contribution in [0.3, 0.4) is 0 Å². The minimum absolute atomic E-state index is 0.0355. The Morgan fingerprint density at radius 2 is 1.83 bits per heavy atom. The highest BCUT2D eigenvalue weighted by Gasteiger charge is 2.30. The minimum Gasteiger partial charge on any atom is -0.464 e. The van der Waals surface area contributed by atoms with Gasteiger partial charge in [-0.25, -0.2) is 4.79 Å². The quantitative estimate of drug-likeness (QED) is 0.512. The van der Waals surface area contributed by atoms with Crippen molar-refractivity contribution in [3.05, 3.63) is 35.9 Å². The number of amides is 1. The number of rotatable bonds is 9. The van der Waals surface area contributed by atoms with Crippen molar-refractivity contribution in [2.24, 2.45) is 0 Å². The Morgan fingerprint density at radius 3 is 2.33 bits per heavy atom. The molecule has 2 atom stereocenters. The van der Waals surface area contributed by atoms with E-state index in [9.17, 15) is 18.0 Å². The van der Waals surface area contributed by atoms with Crippen LogP contribution in [0.4, 0.5) is 0 Å². The van der Waals surface area contributed by atoms with Crippen molar-refractivity contribution in [2.75, 3.05) is 12.4 Å². The first kappa shape index (κ1) is 20.1. The van der Waals surface area contributed by atoms with Crippen LogP contribution in [0, 0.1) is 0 Å². The maximum atomic E-state index is 12.5. The number of carbonyl (C=O) groups is 2. The molecule has 0 saturated carbocycles. The fraction of sp³-hybridized carbons (Fsp3) is 0.500. The molecule has 1 unspecified atom stereocenters. The number of hydrogen-bond donors (Lipinski definition) is 2. The molecular weight excluding hydrogens is 334 g/mol. The molecule has 8 heteroatoms. The van der Waals surface area contributed by atoms with Crippen LogP contribution in [0.25, 0.3) is 0 Å². The van der Waals surface area contributed by atoms with Crippen molar-refractivity contribution in [2.45, 2.75) is 38.6 Å². The molecule has 0 radical (unpaired) electrons. The van der Waals surface area contributed by atoms with Gasteiger partial charge in [0.2, 0.25) is 5.91 Å². The second kappa shape index (κ2) is 9.39. The topological polar surface area (TPSA) is 110 Å². The van der Waals surface area contributed by atoms with E-state index in [0.29, 0.717) is 6.42 Å². The summed E-state index contributed by atoms with van der Waals surface area (Å²) < 4.78 is 35.9. The third-order valence-electron chi connectivity index (χ3n) is 3.36. The maximum absolute atomic E-state index is 12.5. The van der Waals surface area contributed by atoms with E-state index in [1.807, 2.05) is 13.0 Å². The monoisotopic (exact) mass is 357 g/mol. The molecule has 0 aliphatic heterocycles. The molecule has 0 aliphatic carbocycles.